The first-order valence-corrected chi connectivity index (χ1v) is 6.68. The topological polar surface area (TPSA) is 56.5 Å². The Balaban J connectivity index is 1.91. The minimum Gasteiger partial charge on any atom is -0.468 e. The van der Waals surface area contributed by atoms with Crippen LogP contribution in [0.15, 0.2) is 52.2 Å². The number of rotatable bonds is 4. The molecule has 3 aromatic rings. The van der Waals surface area contributed by atoms with E-state index in [4.69, 9.17) is 10.2 Å². The molecule has 3 rings (SSSR count). The van der Waals surface area contributed by atoms with E-state index in [-0.39, 0.29) is 0 Å². The smallest absolute Gasteiger partial charge is 0.138 e. The van der Waals surface area contributed by atoms with Crippen LogP contribution in [0.25, 0.3) is 5.65 Å². The van der Waals surface area contributed by atoms with Crippen molar-refractivity contribution < 1.29 is 4.42 Å². The van der Waals surface area contributed by atoms with Crippen LogP contribution in [0.5, 0.6) is 0 Å². The molecule has 0 atom stereocenters. The van der Waals surface area contributed by atoms with Crippen LogP contribution in [0.1, 0.15) is 11.5 Å². The summed E-state index contributed by atoms with van der Waals surface area (Å²) in [6.45, 7) is 0.478. The first kappa shape index (κ1) is 11.4. The fourth-order valence-corrected chi connectivity index (χ4v) is 2.81. The van der Waals surface area contributed by atoms with Crippen molar-refractivity contribution in [2.24, 2.45) is 5.73 Å². The first-order valence-electron chi connectivity index (χ1n) is 5.69. The van der Waals surface area contributed by atoms with Gasteiger partial charge in [0.1, 0.15) is 16.4 Å². The van der Waals surface area contributed by atoms with Crippen molar-refractivity contribution in [1.82, 2.24) is 9.38 Å². The summed E-state index contributed by atoms with van der Waals surface area (Å²) >= 11 is 1.65. The maximum absolute atomic E-state index is 5.81. The van der Waals surface area contributed by atoms with Crippen LogP contribution in [-0.2, 0) is 12.3 Å². The average Bonchev–Trinajstić information content (AvgIpc) is 3.03. The van der Waals surface area contributed by atoms with Gasteiger partial charge in [-0.3, -0.25) is 0 Å². The second-order valence-corrected chi connectivity index (χ2v) is 4.83. The summed E-state index contributed by atoms with van der Waals surface area (Å²) in [4.78, 5) is 4.59. The number of thioether (sulfide) groups is 1. The van der Waals surface area contributed by atoms with E-state index in [1.165, 1.54) is 0 Å². The molecule has 0 aliphatic carbocycles. The van der Waals surface area contributed by atoms with Gasteiger partial charge in [0.2, 0.25) is 0 Å². The third-order valence-corrected chi connectivity index (χ3v) is 3.75. The van der Waals surface area contributed by atoms with Crippen molar-refractivity contribution in [3.8, 4) is 0 Å². The van der Waals surface area contributed by atoms with Gasteiger partial charge in [-0.25, -0.2) is 4.98 Å². The Morgan fingerprint density at radius 1 is 1.28 bits per heavy atom. The summed E-state index contributed by atoms with van der Waals surface area (Å²) in [5.74, 6) is 1.71. The summed E-state index contributed by atoms with van der Waals surface area (Å²) in [5.41, 5.74) is 7.79. The highest BCUT2D eigenvalue weighted by atomic mass is 32.2. The molecule has 0 saturated carbocycles. The Hall–Kier alpha value is -1.72. The molecule has 3 heterocycles. The van der Waals surface area contributed by atoms with Crippen LogP contribution in [0.2, 0.25) is 0 Å². The van der Waals surface area contributed by atoms with Gasteiger partial charge in [-0.2, -0.15) is 0 Å². The van der Waals surface area contributed by atoms with E-state index in [0.29, 0.717) is 6.54 Å². The third kappa shape index (κ3) is 2.02. The maximum Gasteiger partial charge on any atom is 0.138 e. The molecule has 0 saturated heterocycles. The number of hydrogen-bond acceptors (Lipinski definition) is 4. The molecule has 0 aliphatic heterocycles. The van der Waals surface area contributed by atoms with Gasteiger partial charge in [-0.05, 0) is 24.3 Å². The number of nitrogens with two attached hydrogens (primary N) is 1. The fourth-order valence-electron chi connectivity index (χ4n) is 1.86. The molecule has 0 amide bonds. The van der Waals surface area contributed by atoms with Crippen LogP contribution in [0, 0.1) is 0 Å². The quantitative estimate of drug-likeness (QED) is 0.732. The summed E-state index contributed by atoms with van der Waals surface area (Å²) < 4.78 is 7.35. The van der Waals surface area contributed by atoms with Crippen molar-refractivity contribution in [1.29, 1.82) is 0 Å². The molecule has 3 aromatic heterocycles. The Bertz CT molecular complexity index is 645. The SMILES string of the molecule is NCc1c(SCc2ccco2)nc2ccccn12. The fraction of sp³-hybridized carbons (Fsp3) is 0.154. The zero-order chi connectivity index (χ0) is 12.4. The molecule has 0 unspecified atom stereocenters. The van der Waals surface area contributed by atoms with Crippen LogP contribution in [-0.4, -0.2) is 9.38 Å². The minimum atomic E-state index is 0.478. The molecule has 0 aromatic carbocycles. The molecule has 0 spiro atoms. The molecular formula is C13H13N3OS. The molecular weight excluding hydrogens is 246 g/mol. The van der Waals surface area contributed by atoms with Crippen molar-refractivity contribution in [2.75, 3.05) is 0 Å². The Morgan fingerprint density at radius 2 is 2.22 bits per heavy atom. The molecule has 2 N–H and O–H groups in total. The number of pyridine rings is 1. The van der Waals surface area contributed by atoms with Crippen LogP contribution >= 0.6 is 11.8 Å². The highest BCUT2D eigenvalue weighted by Crippen LogP contribution is 2.26. The molecule has 0 bridgehead atoms. The molecule has 5 heteroatoms. The van der Waals surface area contributed by atoms with Gasteiger partial charge in [0.25, 0.3) is 0 Å². The van der Waals surface area contributed by atoms with E-state index < -0.39 is 0 Å². The average molecular weight is 259 g/mol. The van der Waals surface area contributed by atoms with E-state index in [2.05, 4.69) is 4.98 Å². The van der Waals surface area contributed by atoms with Crippen molar-refractivity contribution in [3.63, 3.8) is 0 Å². The summed E-state index contributed by atoms with van der Waals surface area (Å²) in [6, 6.07) is 9.79. The van der Waals surface area contributed by atoms with Gasteiger partial charge in [-0.1, -0.05) is 17.8 Å². The number of hydrogen-bond donors (Lipinski definition) is 1. The summed E-state index contributed by atoms with van der Waals surface area (Å²) in [7, 11) is 0. The normalized spacial score (nSPS) is 11.2. The molecule has 4 nitrogen and oxygen atoms in total. The largest absolute Gasteiger partial charge is 0.468 e. The molecule has 92 valence electrons. The predicted octanol–water partition coefficient (Wildman–Crippen LogP) is 2.68. The number of furan rings is 1. The van der Waals surface area contributed by atoms with E-state index in [1.807, 2.05) is 40.9 Å². The number of nitrogens with zero attached hydrogens (tertiary/aromatic N) is 2. The van der Waals surface area contributed by atoms with Crippen LogP contribution in [0.3, 0.4) is 0 Å². The number of fused-ring (bicyclic) bond motifs is 1. The lowest BCUT2D eigenvalue weighted by atomic mass is 10.4. The molecule has 0 aliphatic rings. The highest BCUT2D eigenvalue weighted by Gasteiger charge is 2.11. The zero-order valence-corrected chi connectivity index (χ0v) is 10.6. The van der Waals surface area contributed by atoms with Gasteiger partial charge < -0.3 is 14.6 Å². The maximum atomic E-state index is 5.81. The Kier molecular flexibility index (Phi) is 3.08. The highest BCUT2D eigenvalue weighted by molar-refractivity contribution is 7.98. The predicted molar refractivity (Wildman–Crippen MR) is 71.4 cm³/mol. The molecule has 0 radical (unpaired) electrons. The van der Waals surface area contributed by atoms with Crippen molar-refractivity contribution in [2.45, 2.75) is 17.3 Å². The van der Waals surface area contributed by atoms with E-state index in [0.717, 1.165) is 27.9 Å². The second-order valence-electron chi connectivity index (χ2n) is 3.86. The van der Waals surface area contributed by atoms with E-state index in [1.54, 1.807) is 18.0 Å². The van der Waals surface area contributed by atoms with Gasteiger partial charge >= 0.3 is 0 Å². The van der Waals surface area contributed by atoms with Crippen LogP contribution < -0.4 is 5.73 Å². The second kappa shape index (κ2) is 4.88. The monoisotopic (exact) mass is 259 g/mol. The molecule has 18 heavy (non-hydrogen) atoms. The van der Waals surface area contributed by atoms with E-state index >= 15 is 0 Å². The molecule has 0 fully saturated rings. The van der Waals surface area contributed by atoms with Gasteiger partial charge in [0.05, 0.1) is 17.7 Å². The van der Waals surface area contributed by atoms with Crippen molar-refractivity contribution in [3.05, 3.63) is 54.2 Å². The third-order valence-electron chi connectivity index (χ3n) is 2.72. The Labute approximate surface area is 109 Å². The van der Waals surface area contributed by atoms with Gasteiger partial charge in [0, 0.05) is 12.7 Å². The summed E-state index contributed by atoms with van der Waals surface area (Å²) in [6.07, 6.45) is 3.67. The number of imidazole rings is 1. The lowest BCUT2D eigenvalue weighted by Crippen LogP contribution is -2.01. The minimum absolute atomic E-state index is 0.478. The van der Waals surface area contributed by atoms with Crippen LogP contribution in [0.4, 0.5) is 0 Å². The summed E-state index contributed by atoms with van der Waals surface area (Å²) in [5, 5.41) is 0.972. The zero-order valence-electron chi connectivity index (χ0n) is 9.74. The lowest BCUT2D eigenvalue weighted by Gasteiger charge is -2.00. The van der Waals surface area contributed by atoms with Crippen molar-refractivity contribution >= 4 is 17.4 Å². The van der Waals surface area contributed by atoms with Gasteiger partial charge in [-0.15, -0.1) is 0 Å². The number of aromatic nitrogens is 2. The first-order chi connectivity index (χ1) is 8.88. The Morgan fingerprint density at radius 3 is 3.00 bits per heavy atom. The lowest BCUT2D eigenvalue weighted by molar-refractivity contribution is 0.530. The van der Waals surface area contributed by atoms with E-state index in [9.17, 15) is 0 Å². The standard InChI is InChI=1S/C13H13N3OS/c14-8-11-13(18-9-10-4-3-7-17-10)15-12-5-1-2-6-16(11)12/h1-7H,8-9,14H2. The van der Waals surface area contributed by atoms with Gasteiger partial charge in [0.15, 0.2) is 0 Å².